The SMILES string of the molecule is CCN(C(=O)C(C)(C)S(C)(=O)=O)c1ccc(N)cc1. The Bertz CT molecular complexity index is 562. The van der Waals surface area contributed by atoms with Crippen molar-refractivity contribution in [3.63, 3.8) is 0 Å². The molecule has 0 saturated heterocycles. The molecule has 0 saturated carbocycles. The van der Waals surface area contributed by atoms with Crippen LogP contribution in [0.25, 0.3) is 0 Å². The lowest BCUT2D eigenvalue weighted by atomic mass is 10.1. The number of carbonyl (C=O) groups excluding carboxylic acids is 1. The second-order valence-electron chi connectivity index (χ2n) is 4.92. The van der Waals surface area contributed by atoms with E-state index in [0.717, 1.165) is 6.26 Å². The third-order valence-corrected chi connectivity index (χ3v) is 5.24. The van der Waals surface area contributed by atoms with Gasteiger partial charge in [0, 0.05) is 24.2 Å². The summed E-state index contributed by atoms with van der Waals surface area (Å²) >= 11 is 0. The van der Waals surface area contributed by atoms with Gasteiger partial charge in [0.25, 0.3) is 0 Å². The van der Waals surface area contributed by atoms with Crippen molar-refractivity contribution < 1.29 is 13.2 Å². The van der Waals surface area contributed by atoms with E-state index in [4.69, 9.17) is 5.73 Å². The van der Waals surface area contributed by atoms with Gasteiger partial charge in [0.2, 0.25) is 5.91 Å². The molecule has 1 aromatic carbocycles. The summed E-state index contributed by atoms with van der Waals surface area (Å²) in [5.74, 6) is -0.442. The highest BCUT2D eigenvalue weighted by atomic mass is 32.2. The standard InChI is InChI=1S/C13H20N2O3S/c1-5-15(11-8-6-10(14)7-9-11)12(16)13(2,3)19(4,17)18/h6-9H,5,14H2,1-4H3. The minimum atomic E-state index is -3.49. The van der Waals surface area contributed by atoms with Crippen LogP contribution in [-0.4, -0.2) is 31.9 Å². The molecule has 1 rings (SSSR count). The number of rotatable bonds is 4. The number of sulfone groups is 1. The number of amides is 1. The lowest BCUT2D eigenvalue weighted by molar-refractivity contribution is -0.120. The second-order valence-corrected chi connectivity index (χ2v) is 7.49. The van der Waals surface area contributed by atoms with Crippen LogP contribution in [0, 0.1) is 0 Å². The molecule has 0 heterocycles. The summed E-state index contributed by atoms with van der Waals surface area (Å²) in [5.41, 5.74) is 6.83. The van der Waals surface area contributed by atoms with Gasteiger partial charge in [0.05, 0.1) is 0 Å². The number of anilines is 2. The maximum Gasteiger partial charge on any atom is 0.247 e. The maximum atomic E-state index is 12.4. The van der Waals surface area contributed by atoms with E-state index in [1.807, 2.05) is 0 Å². The van der Waals surface area contributed by atoms with E-state index in [0.29, 0.717) is 17.9 Å². The Morgan fingerprint density at radius 2 is 1.74 bits per heavy atom. The molecule has 0 atom stereocenters. The highest BCUT2D eigenvalue weighted by Gasteiger charge is 2.41. The number of hydrogen-bond acceptors (Lipinski definition) is 4. The van der Waals surface area contributed by atoms with Gasteiger partial charge in [-0.05, 0) is 45.0 Å². The van der Waals surface area contributed by atoms with Crippen molar-refractivity contribution in [1.82, 2.24) is 0 Å². The molecule has 0 spiro atoms. The molecule has 106 valence electrons. The van der Waals surface area contributed by atoms with Crippen molar-refractivity contribution in [3.8, 4) is 0 Å². The van der Waals surface area contributed by atoms with Crippen LogP contribution in [-0.2, 0) is 14.6 Å². The molecule has 0 bridgehead atoms. The zero-order valence-electron chi connectivity index (χ0n) is 11.7. The van der Waals surface area contributed by atoms with Crippen molar-refractivity contribution in [3.05, 3.63) is 24.3 Å². The summed E-state index contributed by atoms with van der Waals surface area (Å²) in [4.78, 5) is 13.9. The molecule has 0 aliphatic carbocycles. The van der Waals surface area contributed by atoms with Crippen molar-refractivity contribution in [2.45, 2.75) is 25.5 Å². The lowest BCUT2D eigenvalue weighted by Crippen LogP contribution is -2.49. The molecule has 0 aromatic heterocycles. The van der Waals surface area contributed by atoms with E-state index in [-0.39, 0.29) is 0 Å². The van der Waals surface area contributed by atoms with Crippen molar-refractivity contribution >= 4 is 27.1 Å². The van der Waals surface area contributed by atoms with Crippen LogP contribution in [0.5, 0.6) is 0 Å². The first kappa shape index (κ1) is 15.5. The van der Waals surface area contributed by atoms with Crippen LogP contribution < -0.4 is 10.6 Å². The van der Waals surface area contributed by atoms with Crippen LogP contribution in [0.4, 0.5) is 11.4 Å². The molecule has 6 heteroatoms. The van der Waals surface area contributed by atoms with Crippen LogP contribution in [0.15, 0.2) is 24.3 Å². The summed E-state index contributed by atoms with van der Waals surface area (Å²) in [6.07, 6.45) is 1.07. The van der Waals surface area contributed by atoms with Crippen LogP contribution in [0.2, 0.25) is 0 Å². The fraction of sp³-hybridized carbons (Fsp3) is 0.462. The van der Waals surface area contributed by atoms with E-state index >= 15 is 0 Å². The highest BCUT2D eigenvalue weighted by molar-refractivity contribution is 7.92. The largest absolute Gasteiger partial charge is 0.399 e. The number of nitrogen functional groups attached to an aromatic ring is 1. The third kappa shape index (κ3) is 3.07. The number of carbonyl (C=O) groups is 1. The van der Waals surface area contributed by atoms with Gasteiger partial charge < -0.3 is 10.6 Å². The Hall–Kier alpha value is -1.56. The molecule has 0 unspecified atom stereocenters. The van der Waals surface area contributed by atoms with Gasteiger partial charge in [-0.25, -0.2) is 8.42 Å². The molecule has 2 N–H and O–H groups in total. The molecule has 19 heavy (non-hydrogen) atoms. The van der Waals surface area contributed by atoms with Crippen LogP contribution in [0.3, 0.4) is 0 Å². The van der Waals surface area contributed by atoms with Gasteiger partial charge in [-0.3, -0.25) is 4.79 Å². The minimum absolute atomic E-state index is 0.391. The first-order chi connectivity index (χ1) is 8.61. The van der Waals surface area contributed by atoms with Crippen molar-refractivity contribution in [2.75, 3.05) is 23.4 Å². The zero-order chi connectivity index (χ0) is 14.8. The minimum Gasteiger partial charge on any atom is -0.399 e. The Morgan fingerprint density at radius 3 is 2.11 bits per heavy atom. The van der Waals surface area contributed by atoms with E-state index in [1.54, 1.807) is 31.2 Å². The first-order valence-corrected chi connectivity index (χ1v) is 7.87. The molecule has 1 aromatic rings. The lowest BCUT2D eigenvalue weighted by Gasteiger charge is -2.30. The fourth-order valence-electron chi connectivity index (χ4n) is 1.58. The van der Waals surface area contributed by atoms with Crippen LogP contribution in [0.1, 0.15) is 20.8 Å². The Balaban J connectivity index is 3.18. The van der Waals surface area contributed by atoms with E-state index < -0.39 is 20.5 Å². The molecule has 1 amide bonds. The van der Waals surface area contributed by atoms with Crippen LogP contribution >= 0.6 is 0 Å². The number of benzene rings is 1. The highest BCUT2D eigenvalue weighted by Crippen LogP contribution is 2.24. The second kappa shape index (κ2) is 5.21. The Morgan fingerprint density at radius 1 is 1.26 bits per heavy atom. The molecule has 0 radical (unpaired) electrons. The summed E-state index contributed by atoms with van der Waals surface area (Å²) < 4.78 is 22.0. The number of nitrogens with zero attached hydrogens (tertiary/aromatic N) is 1. The quantitative estimate of drug-likeness (QED) is 0.848. The first-order valence-electron chi connectivity index (χ1n) is 5.98. The fourth-order valence-corrected chi connectivity index (χ4v) is 2.01. The zero-order valence-corrected chi connectivity index (χ0v) is 12.5. The maximum absolute atomic E-state index is 12.4. The summed E-state index contributed by atoms with van der Waals surface area (Å²) in [5, 5.41) is 0. The number of nitrogens with two attached hydrogens (primary N) is 1. The monoisotopic (exact) mass is 284 g/mol. The topological polar surface area (TPSA) is 80.5 Å². The van der Waals surface area contributed by atoms with Gasteiger partial charge in [0.1, 0.15) is 4.75 Å². The Labute approximate surface area is 114 Å². The van der Waals surface area contributed by atoms with Gasteiger partial charge in [0.15, 0.2) is 9.84 Å². The average Bonchev–Trinajstić information content (AvgIpc) is 2.30. The number of hydrogen-bond donors (Lipinski definition) is 1. The summed E-state index contributed by atoms with van der Waals surface area (Å²) in [6, 6.07) is 6.77. The van der Waals surface area contributed by atoms with Crippen molar-refractivity contribution in [2.24, 2.45) is 0 Å². The molecule has 0 aliphatic rings. The van der Waals surface area contributed by atoms with E-state index in [2.05, 4.69) is 0 Å². The summed E-state index contributed by atoms with van der Waals surface area (Å²) in [6.45, 7) is 5.03. The molecular weight excluding hydrogens is 264 g/mol. The van der Waals surface area contributed by atoms with Gasteiger partial charge in [-0.15, -0.1) is 0 Å². The Kier molecular flexibility index (Phi) is 4.25. The van der Waals surface area contributed by atoms with Gasteiger partial charge in [-0.2, -0.15) is 0 Å². The van der Waals surface area contributed by atoms with Gasteiger partial charge in [-0.1, -0.05) is 0 Å². The van der Waals surface area contributed by atoms with E-state index in [9.17, 15) is 13.2 Å². The van der Waals surface area contributed by atoms with E-state index in [1.165, 1.54) is 18.7 Å². The normalized spacial score (nSPS) is 12.2. The molecule has 0 fully saturated rings. The molecular formula is C13H20N2O3S. The third-order valence-electron chi connectivity index (χ3n) is 3.21. The molecule has 0 aliphatic heterocycles. The molecule has 5 nitrogen and oxygen atoms in total. The van der Waals surface area contributed by atoms with Gasteiger partial charge >= 0.3 is 0 Å². The summed E-state index contributed by atoms with van der Waals surface area (Å²) in [7, 11) is -3.49. The smallest absolute Gasteiger partial charge is 0.247 e. The van der Waals surface area contributed by atoms with Crippen molar-refractivity contribution in [1.29, 1.82) is 0 Å². The predicted octanol–water partition coefficient (Wildman–Crippen LogP) is 1.44. The predicted molar refractivity (Wildman–Crippen MR) is 77.8 cm³/mol. The average molecular weight is 284 g/mol.